The summed E-state index contributed by atoms with van der Waals surface area (Å²) in [6, 6.07) is 3.73. The van der Waals surface area contributed by atoms with Gasteiger partial charge in [-0.05, 0) is 44.5 Å². The van der Waals surface area contributed by atoms with Crippen molar-refractivity contribution in [2.45, 2.75) is 0 Å². The van der Waals surface area contributed by atoms with Crippen molar-refractivity contribution in [3.05, 3.63) is 70.8 Å². The predicted molar refractivity (Wildman–Crippen MR) is 127 cm³/mol. The fourth-order valence-corrected chi connectivity index (χ4v) is 3.10. The predicted octanol–water partition coefficient (Wildman–Crippen LogP) is 1.41. The monoisotopic (exact) mass is 464 g/mol. The maximum atomic E-state index is 12.8. The van der Waals surface area contributed by atoms with Crippen molar-refractivity contribution in [2.24, 2.45) is 4.99 Å². The number of carbonyl (C=O) groups is 2. The van der Waals surface area contributed by atoms with Gasteiger partial charge in [-0.2, -0.15) is 0 Å². The smallest absolute Gasteiger partial charge is 0.346 e. The van der Waals surface area contributed by atoms with E-state index in [2.05, 4.69) is 15.0 Å². The summed E-state index contributed by atoms with van der Waals surface area (Å²) in [6.45, 7) is 0.485. The lowest BCUT2D eigenvalue weighted by atomic mass is 10.2. The van der Waals surface area contributed by atoms with Crippen LogP contribution in [0.2, 0.25) is 0 Å². The number of aromatic amines is 1. The third-order valence-corrected chi connectivity index (χ3v) is 4.66. The van der Waals surface area contributed by atoms with Gasteiger partial charge in [0.25, 0.3) is 6.47 Å². The molecule has 4 rings (SSSR count). The number of rotatable bonds is 5. The summed E-state index contributed by atoms with van der Waals surface area (Å²) in [5, 5.41) is 18.6. The zero-order valence-corrected chi connectivity index (χ0v) is 18.6. The number of ether oxygens (including phenoxy) is 1. The molecule has 3 N–H and O–H groups in total. The molecule has 0 spiro atoms. The van der Waals surface area contributed by atoms with E-state index in [0.717, 1.165) is 10.9 Å². The molecule has 0 amide bonds. The maximum Gasteiger partial charge on any atom is 0.346 e. The minimum atomic E-state index is -0.674. The van der Waals surface area contributed by atoms with Gasteiger partial charge >= 0.3 is 5.97 Å². The van der Waals surface area contributed by atoms with Crippen molar-refractivity contribution in [3.63, 3.8) is 0 Å². The van der Waals surface area contributed by atoms with Crippen LogP contribution in [0.15, 0.2) is 58.2 Å². The number of likely N-dealkylation sites (N-methyl/N-ethyl adjacent to an activating group) is 1. The molecule has 10 heteroatoms. The van der Waals surface area contributed by atoms with Crippen molar-refractivity contribution in [3.8, 4) is 5.75 Å². The quantitative estimate of drug-likeness (QED) is 0.380. The number of allylic oxidation sites excluding steroid dienone is 3. The number of hydrogen-bond donors (Lipinski definition) is 3. The van der Waals surface area contributed by atoms with Crippen molar-refractivity contribution >= 4 is 41.5 Å². The van der Waals surface area contributed by atoms with Crippen LogP contribution >= 0.6 is 0 Å². The Balaban J connectivity index is 0.00000103. The van der Waals surface area contributed by atoms with Crippen LogP contribution in [0, 0.1) is 0 Å². The van der Waals surface area contributed by atoms with Gasteiger partial charge in [-0.3, -0.25) is 9.79 Å². The lowest BCUT2D eigenvalue weighted by Crippen LogP contribution is -2.22. The second-order valence-corrected chi connectivity index (χ2v) is 7.26. The van der Waals surface area contributed by atoms with Gasteiger partial charge in [0.15, 0.2) is 22.1 Å². The summed E-state index contributed by atoms with van der Waals surface area (Å²) in [6.07, 6.45) is 13.7. The number of carboxylic acid groups (broad SMARTS) is 1. The Morgan fingerprint density at radius 1 is 1.29 bits per heavy atom. The molecule has 0 bridgehead atoms. The number of fused-ring (bicyclic) bond motifs is 1. The van der Waals surface area contributed by atoms with Crippen LogP contribution < -0.4 is 10.8 Å². The molecule has 0 unspecified atom stereocenters. The van der Waals surface area contributed by atoms with Gasteiger partial charge in [0, 0.05) is 36.1 Å². The highest BCUT2D eigenvalue weighted by Crippen LogP contribution is 2.18. The minimum Gasteiger partial charge on any atom is -0.504 e. The fraction of sp³-hybridized carbons (Fsp3) is 0.167. The number of furan rings is 1. The van der Waals surface area contributed by atoms with E-state index in [9.17, 15) is 9.90 Å². The molecule has 0 saturated carbocycles. The second kappa shape index (κ2) is 11.4. The first-order chi connectivity index (χ1) is 16.5. The zero-order valence-electron chi connectivity index (χ0n) is 18.6. The van der Waals surface area contributed by atoms with E-state index in [1.807, 2.05) is 31.1 Å². The third-order valence-electron chi connectivity index (χ3n) is 4.66. The average Bonchev–Trinajstić information content (AvgIpc) is 3.23. The molecule has 0 aromatic carbocycles. The van der Waals surface area contributed by atoms with Crippen molar-refractivity contribution < 1.29 is 29.0 Å². The molecular weight excluding hydrogens is 440 g/mol. The highest BCUT2D eigenvalue weighted by Gasteiger charge is 2.23. The minimum absolute atomic E-state index is 0.0540. The van der Waals surface area contributed by atoms with E-state index in [1.165, 1.54) is 0 Å². The third kappa shape index (κ3) is 5.67. The number of nitrogens with zero attached hydrogens (tertiary/aromatic N) is 3. The van der Waals surface area contributed by atoms with Crippen LogP contribution in [0.3, 0.4) is 0 Å². The molecule has 0 radical (unpaired) electrons. The summed E-state index contributed by atoms with van der Waals surface area (Å²) >= 11 is 0. The Labute approximate surface area is 194 Å². The van der Waals surface area contributed by atoms with Crippen LogP contribution in [0.25, 0.3) is 22.8 Å². The highest BCUT2D eigenvalue weighted by atomic mass is 16.5. The van der Waals surface area contributed by atoms with Gasteiger partial charge in [-0.15, -0.1) is 0 Å². The molecule has 0 saturated heterocycles. The topological polar surface area (TPSA) is 141 Å². The number of aliphatic imine (C=N–C) groups is 1. The first kappa shape index (κ1) is 24.2. The van der Waals surface area contributed by atoms with E-state index >= 15 is 0 Å². The SMILES string of the molecule is CN(C)CCOC(=O)c1c(O)c(=Cc2c[nH]c3ncccc23)oc1=C1C=CC=CC=N1.O=CO. The van der Waals surface area contributed by atoms with E-state index in [0.29, 0.717) is 17.9 Å². The van der Waals surface area contributed by atoms with Crippen LogP contribution in [0.4, 0.5) is 0 Å². The van der Waals surface area contributed by atoms with E-state index in [-0.39, 0.29) is 35.2 Å². The first-order valence-electron chi connectivity index (χ1n) is 10.2. The Kier molecular flexibility index (Phi) is 8.14. The van der Waals surface area contributed by atoms with E-state index < -0.39 is 5.97 Å². The second-order valence-electron chi connectivity index (χ2n) is 7.26. The fourth-order valence-electron chi connectivity index (χ4n) is 3.10. The Bertz CT molecular complexity index is 1360. The van der Waals surface area contributed by atoms with Gasteiger partial charge in [0.05, 0.1) is 0 Å². The number of esters is 1. The standard InChI is InChI=1S/C23H22N4O4.CH2O2/c1-27(2)11-12-30-23(29)19-20(28)18(31-21(19)17-8-4-3-5-9-24-17)13-15-14-26-22-16(15)7-6-10-25-22;2-1-3/h3-10,13-14,28H,11-12H2,1-2H3,(H,25,26);1H,(H,2,3). The molecule has 3 aromatic heterocycles. The number of carbonyl (C=O) groups excluding carboxylic acids is 1. The lowest BCUT2D eigenvalue weighted by molar-refractivity contribution is -0.122. The number of aromatic hydroxyl groups is 1. The molecular formula is C24H24N4O6. The van der Waals surface area contributed by atoms with Gasteiger partial charge in [0.1, 0.15) is 18.0 Å². The number of pyridine rings is 1. The number of nitrogens with one attached hydrogen (secondary N) is 1. The molecule has 0 fully saturated rings. The molecule has 1 aliphatic heterocycles. The van der Waals surface area contributed by atoms with E-state index in [1.54, 1.807) is 49.0 Å². The number of hydrogen-bond acceptors (Lipinski definition) is 8. The normalized spacial score (nSPS) is 14.7. The van der Waals surface area contributed by atoms with Crippen LogP contribution in [-0.4, -0.2) is 71.0 Å². The molecule has 34 heavy (non-hydrogen) atoms. The largest absolute Gasteiger partial charge is 0.504 e. The van der Waals surface area contributed by atoms with Gasteiger partial charge in [0.2, 0.25) is 0 Å². The van der Waals surface area contributed by atoms with Crippen LogP contribution in [-0.2, 0) is 9.53 Å². The number of aromatic nitrogens is 2. The molecule has 176 valence electrons. The average molecular weight is 464 g/mol. The molecule has 1 aliphatic rings. The molecule has 0 aliphatic carbocycles. The molecule has 0 atom stereocenters. The van der Waals surface area contributed by atoms with Crippen molar-refractivity contribution in [1.29, 1.82) is 0 Å². The highest BCUT2D eigenvalue weighted by molar-refractivity contribution is 5.94. The Morgan fingerprint density at radius 3 is 2.85 bits per heavy atom. The Morgan fingerprint density at radius 2 is 2.09 bits per heavy atom. The van der Waals surface area contributed by atoms with E-state index in [4.69, 9.17) is 19.1 Å². The van der Waals surface area contributed by atoms with Crippen molar-refractivity contribution in [2.75, 3.05) is 27.2 Å². The molecule has 10 nitrogen and oxygen atoms in total. The molecule has 3 aromatic rings. The Hall–Kier alpha value is -4.44. The lowest BCUT2D eigenvalue weighted by Gasteiger charge is -2.09. The summed E-state index contributed by atoms with van der Waals surface area (Å²) in [7, 11) is 3.76. The maximum absolute atomic E-state index is 12.8. The molecule has 4 heterocycles. The summed E-state index contributed by atoms with van der Waals surface area (Å²) < 4.78 is 11.3. The van der Waals surface area contributed by atoms with Crippen LogP contribution in [0.1, 0.15) is 15.9 Å². The van der Waals surface area contributed by atoms with Gasteiger partial charge in [-0.1, -0.05) is 12.2 Å². The van der Waals surface area contributed by atoms with Crippen molar-refractivity contribution in [1.82, 2.24) is 14.9 Å². The number of H-pyrrole nitrogens is 1. The van der Waals surface area contributed by atoms with Gasteiger partial charge < -0.3 is 29.3 Å². The summed E-state index contributed by atoms with van der Waals surface area (Å²) in [5.74, 6) is -0.969. The summed E-state index contributed by atoms with van der Waals surface area (Å²) in [4.78, 5) is 34.7. The first-order valence-corrected chi connectivity index (χ1v) is 10.2. The van der Waals surface area contributed by atoms with Crippen LogP contribution in [0.5, 0.6) is 5.75 Å². The van der Waals surface area contributed by atoms with Gasteiger partial charge in [-0.25, -0.2) is 9.78 Å². The summed E-state index contributed by atoms with van der Waals surface area (Å²) in [5.41, 5.74) is 2.10. The zero-order chi connectivity index (χ0) is 24.5.